The Bertz CT molecular complexity index is 929. The number of rotatable bonds is 5. The number of halogens is 3. The largest absolute Gasteiger partial charge is 0.416 e. The van der Waals surface area contributed by atoms with Crippen LogP contribution in [0.4, 0.5) is 23.7 Å². The maximum Gasteiger partial charge on any atom is 0.416 e. The van der Waals surface area contributed by atoms with Gasteiger partial charge in [0, 0.05) is 5.69 Å². The van der Waals surface area contributed by atoms with Gasteiger partial charge in [0.05, 0.1) is 5.56 Å². The van der Waals surface area contributed by atoms with Crippen LogP contribution in [0.5, 0.6) is 0 Å². The summed E-state index contributed by atoms with van der Waals surface area (Å²) in [4.78, 5) is 38.4. The van der Waals surface area contributed by atoms with E-state index < -0.39 is 41.7 Å². The number of nitrogens with one attached hydrogen (secondary N) is 2. The molecule has 152 valence electrons. The van der Waals surface area contributed by atoms with Gasteiger partial charge in [0.25, 0.3) is 5.91 Å². The van der Waals surface area contributed by atoms with Gasteiger partial charge >= 0.3 is 12.2 Å². The molecule has 1 heterocycles. The second-order valence-electron chi connectivity index (χ2n) is 6.57. The number of benzene rings is 2. The summed E-state index contributed by atoms with van der Waals surface area (Å²) in [5, 5.41) is 5.05. The Kier molecular flexibility index (Phi) is 5.32. The average Bonchev–Trinajstić information content (AvgIpc) is 2.93. The van der Waals surface area contributed by atoms with Crippen molar-refractivity contribution in [3.8, 4) is 0 Å². The summed E-state index contributed by atoms with van der Waals surface area (Å²) in [6.45, 7) is 1.19. The molecule has 1 atom stereocenters. The summed E-state index contributed by atoms with van der Waals surface area (Å²) in [5.74, 6) is -1.26. The first-order chi connectivity index (χ1) is 13.7. The minimum Gasteiger partial charge on any atom is -0.325 e. The molecule has 0 spiro atoms. The zero-order valence-electron chi connectivity index (χ0n) is 15.4. The number of anilines is 1. The van der Waals surface area contributed by atoms with E-state index in [9.17, 15) is 27.6 Å². The van der Waals surface area contributed by atoms with Crippen LogP contribution in [0.15, 0.2) is 54.6 Å². The fourth-order valence-corrected chi connectivity index (χ4v) is 3.22. The molecule has 0 saturated carbocycles. The van der Waals surface area contributed by atoms with Crippen LogP contribution in [0, 0.1) is 0 Å². The Balaban J connectivity index is 1.72. The normalized spacial score (nSPS) is 19.2. The first-order valence-corrected chi connectivity index (χ1v) is 8.84. The van der Waals surface area contributed by atoms with Crippen LogP contribution in [0.25, 0.3) is 0 Å². The zero-order valence-corrected chi connectivity index (χ0v) is 15.4. The van der Waals surface area contributed by atoms with Crippen LogP contribution in [-0.4, -0.2) is 29.3 Å². The monoisotopic (exact) mass is 405 g/mol. The lowest BCUT2D eigenvalue weighted by Gasteiger charge is -2.25. The summed E-state index contributed by atoms with van der Waals surface area (Å²) in [5.41, 5.74) is -1.38. The smallest absolute Gasteiger partial charge is 0.325 e. The zero-order chi connectivity index (χ0) is 21.2. The molecule has 1 fully saturated rings. The van der Waals surface area contributed by atoms with Crippen LogP contribution in [0.2, 0.25) is 0 Å². The molecular weight excluding hydrogens is 387 g/mol. The Morgan fingerprint density at radius 3 is 2.24 bits per heavy atom. The number of urea groups is 1. The summed E-state index contributed by atoms with van der Waals surface area (Å²) in [6, 6.07) is 11.9. The molecule has 3 rings (SSSR count). The molecule has 2 aromatic carbocycles. The van der Waals surface area contributed by atoms with E-state index in [1.54, 1.807) is 37.3 Å². The average molecular weight is 405 g/mol. The van der Waals surface area contributed by atoms with E-state index >= 15 is 0 Å². The van der Waals surface area contributed by atoms with Crippen molar-refractivity contribution in [1.82, 2.24) is 10.2 Å². The summed E-state index contributed by atoms with van der Waals surface area (Å²) in [7, 11) is 0. The minimum atomic E-state index is -4.48. The second-order valence-corrected chi connectivity index (χ2v) is 6.57. The topological polar surface area (TPSA) is 78.5 Å². The molecule has 1 aliphatic heterocycles. The Labute approximate surface area is 164 Å². The number of nitrogens with zero attached hydrogens (tertiary/aromatic N) is 1. The van der Waals surface area contributed by atoms with E-state index in [1.165, 1.54) is 0 Å². The molecular formula is C20H18F3N3O3. The SMILES string of the molecule is CC[C@@]1(c2ccccc2)NC(=O)N(CC(=O)Nc2ccc(C(F)(F)F)cc2)C1=O. The Morgan fingerprint density at radius 1 is 1.07 bits per heavy atom. The molecule has 2 N–H and O–H groups in total. The van der Waals surface area contributed by atoms with E-state index in [2.05, 4.69) is 10.6 Å². The number of carbonyl (C=O) groups excluding carboxylic acids is 3. The number of alkyl halides is 3. The van der Waals surface area contributed by atoms with Crippen molar-refractivity contribution in [2.24, 2.45) is 0 Å². The third-order valence-electron chi connectivity index (χ3n) is 4.77. The van der Waals surface area contributed by atoms with Gasteiger partial charge in [-0.2, -0.15) is 13.2 Å². The van der Waals surface area contributed by atoms with Gasteiger partial charge in [-0.1, -0.05) is 37.3 Å². The van der Waals surface area contributed by atoms with E-state index in [1.807, 2.05) is 0 Å². The van der Waals surface area contributed by atoms with Crippen LogP contribution in [-0.2, 0) is 21.3 Å². The third-order valence-corrected chi connectivity index (χ3v) is 4.77. The molecule has 9 heteroatoms. The molecule has 1 saturated heterocycles. The number of hydrogen-bond donors (Lipinski definition) is 2. The number of hydrogen-bond acceptors (Lipinski definition) is 3. The highest BCUT2D eigenvalue weighted by atomic mass is 19.4. The van der Waals surface area contributed by atoms with Crippen molar-refractivity contribution in [2.45, 2.75) is 25.1 Å². The third kappa shape index (κ3) is 3.94. The molecule has 0 radical (unpaired) electrons. The second kappa shape index (κ2) is 7.57. The molecule has 4 amide bonds. The highest BCUT2D eigenvalue weighted by Crippen LogP contribution is 2.32. The van der Waals surface area contributed by atoms with Crippen LogP contribution in [0.1, 0.15) is 24.5 Å². The van der Waals surface area contributed by atoms with E-state index in [0.717, 1.165) is 29.2 Å². The van der Waals surface area contributed by atoms with Gasteiger partial charge in [-0.05, 0) is 36.2 Å². The van der Waals surface area contributed by atoms with Crippen molar-refractivity contribution in [1.29, 1.82) is 0 Å². The molecule has 6 nitrogen and oxygen atoms in total. The van der Waals surface area contributed by atoms with Crippen LogP contribution in [0.3, 0.4) is 0 Å². The van der Waals surface area contributed by atoms with Gasteiger partial charge in [0.15, 0.2) is 0 Å². The van der Waals surface area contributed by atoms with Gasteiger partial charge in [0.1, 0.15) is 12.1 Å². The van der Waals surface area contributed by atoms with Crippen molar-refractivity contribution >= 4 is 23.5 Å². The maximum absolute atomic E-state index is 12.9. The van der Waals surface area contributed by atoms with Crippen LogP contribution >= 0.6 is 0 Å². The molecule has 0 bridgehead atoms. The van der Waals surface area contributed by atoms with E-state index in [-0.39, 0.29) is 5.69 Å². The van der Waals surface area contributed by atoms with E-state index in [0.29, 0.717) is 12.0 Å². The van der Waals surface area contributed by atoms with Gasteiger partial charge in [-0.25, -0.2) is 4.79 Å². The van der Waals surface area contributed by atoms with Gasteiger partial charge in [-0.3, -0.25) is 14.5 Å². The predicted octanol–water partition coefficient (Wildman–Crippen LogP) is 3.50. The van der Waals surface area contributed by atoms with Crippen molar-refractivity contribution in [3.05, 3.63) is 65.7 Å². The molecule has 0 aromatic heterocycles. The number of imide groups is 1. The Hall–Kier alpha value is -3.36. The maximum atomic E-state index is 12.9. The fraction of sp³-hybridized carbons (Fsp3) is 0.250. The predicted molar refractivity (Wildman–Crippen MR) is 98.7 cm³/mol. The van der Waals surface area contributed by atoms with Gasteiger partial charge < -0.3 is 10.6 Å². The lowest BCUT2D eigenvalue weighted by Crippen LogP contribution is -2.44. The van der Waals surface area contributed by atoms with E-state index in [4.69, 9.17) is 0 Å². The van der Waals surface area contributed by atoms with Crippen molar-refractivity contribution in [2.75, 3.05) is 11.9 Å². The first kappa shape index (κ1) is 20.4. The first-order valence-electron chi connectivity index (χ1n) is 8.84. The molecule has 0 aliphatic carbocycles. The lowest BCUT2D eigenvalue weighted by atomic mass is 9.87. The fourth-order valence-electron chi connectivity index (χ4n) is 3.22. The Morgan fingerprint density at radius 2 is 1.69 bits per heavy atom. The quantitative estimate of drug-likeness (QED) is 0.748. The molecule has 0 unspecified atom stereocenters. The highest BCUT2D eigenvalue weighted by molar-refractivity contribution is 6.10. The number of amides is 4. The molecule has 29 heavy (non-hydrogen) atoms. The molecule has 1 aliphatic rings. The standard InChI is InChI=1S/C20H18F3N3O3/c1-2-19(13-6-4-3-5-7-13)17(28)26(18(29)25-19)12-16(27)24-15-10-8-14(9-11-15)20(21,22)23/h3-11H,2,12H2,1H3,(H,24,27)(H,25,29)/t19-/m0/s1. The van der Waals surface area contributed by atoms with Gasteiger partial charge in [-0.15, -0.1) is 0 Å². The number of carbonyl (C=O) groups is 3. The summed E-state index contributed by atoms with van der Waals surface area (Å²) in [6.07, 6.45) is -4.19. The highest BCUT2D eigenvalue weighted by Gasteiger charge is 2.51. The van der Waals surface area contributed by atoms with Gasteiger partial charge in [0.2, 0.25) is 5.91 Å². The summed E-state index contributed by atoms with van der Waals surface area (Å²) >= 11 is 0. The van der Waals surface area contributed by atoms with Crippen molar-refractivity contribution < 1.29 is 27.6 Å². The van der Waals surface area contributed by atoms with Crippen LogP contribution < -0.4 is 10.6 Å². The van der Waals surface area contributed by atoms with Crippen molar-refractivity contribution in [3.63, 3.8) is 0 Å². The summed E-state index contributed by atoms with van der Waals surface area (Å²) < 4.78 is 37.8. The lowest BCUT2D eigenvalue weighted by molar-refractivity contribution is -0.137. The minimum absolute atomic E-state index is 0.125. The molecule has 2 aromatic rings.